The van der Waals surface area contributed by atoms with Crippen LogP contribution >= 0.6 is 0 Å². The second-order valence-electron chi connectivity index (χ2n) is 1.10. The van der Waals surface area contributed by atoms with Gasteiger partial charge >= 0.3 is 0 Å². The monoisotopic (exact) mass is 103 g/mol. The smallest absolute Gasteiger partial charge is 0.145 e. The molecule has 0 aliphatic rings. The summed E-state index contributed by atoms with van der Waals surface area (Å²) in [5, 5.41) is 16.3. The Bertz CT molecular complexity index is 62.7. The Morgan fingerprint density at radius 3 is 2.43 bits per heavy atom. The highest BCUT2D eigenvalue weighted by molar-refractivity contribution is 4.81. The molecule has 42 valence electrons. The van der Waals surface area contributed by atoms with Crippen molar-refractivity contribution in [3.05, 3.63) is 12.2 Å². The summed E-state index contributed by atoms with van der Waals surface area (Å²) >= 11 is 0. The molecule has 0 spiro atoms. The minimum Gasteiger partial charge on any atom is -0.373 e. The first kappa shape index (κ1) is 6.62. The lowest BCUT2D eigenvalue weighted by molar-refractivity contribution is 0.0318. The molecule has 3 heteroatoms. The van der Waals surface area contributed by atoms with Gasteiger partial charge in [-0.15, -0.1) is 0 Å². The van der Waals surface area contributed by atoms with E-state index in [4.69, 9.17) is 10.3 Å². The van der Waals surface area contributed by atoms with E-state index < -0.39 is 6.23 Å². The van der Waals surface area contributed by atoms with Crippen LogP contribution < -0.4 is 5.48 Å². The Balaban J connectivity index is 3.16. The number of allylic oxidation sites excluding steroid dienone is 1. The van der Waals surface area contributed by atoms with Crippen molar-refractivity contribution in [1.29, 1.82) is 0 Å². The largest absolute Gasteiger partial charge is 0.373 e. The van der Waals surface area contributed by atoms with Crippen LogP contribution in [0.4, 0.5) is 0 Å². The van der Waals surface area contributed by atoms with Crippen molar-refractivity contribution in [1.82, 2.24) is 5.48 Å². The highest BCUT2D eigenvalue weighted by Gasteiger charge is 1.87. The zero-order valence-corrected chi connectivity index (χ0v) is 4.13. The van der Waals surface area contributed by atoms with Gasteiger partial charge in [-0.1, -0.05) is 6.08 Å². The van der Waals surface area contributed by atoms with Gasteiger partial charge in [-0.3, -0.25) is 0 Å². The van der Waals surface area contributed by atoms with Gasteiger partial charge in [0, 0.05) is 0 Å². The summed E-state index contributed by atoms with van der Waals surface area (Å²) in [7, 11) is 0. The Morgan fingerprint density at radius 2 is 2.29 bits per heavy atom. The van der Waals surface area contributed by atoms with Gasteiger partial charge < -0.3 is 10.3 Å². The van der Waals surface area contributed by atoms with Gasteiger partial charge in [-0.05, 0) is 13.0 Å². The van der Waals surface area contributed by atoms with E-state index in [0.717, 1.165) is 0 Å². The van der Waals surface area contributed by atoms with Crippen LogP contribution in [0.15, 0.2) is 12.2 Å². The highest BCUT2D eigenvalue weighted by atomic mass is 16.5. The number of hydrogen-bond acceptors (Lipinski definition) is 3. The Morgan fingerprint density at radius 1 is 1.71 bits per heavy atom. The molecule has 0 saturated heterocycles. The lowest BCUT2D eigenvalue weighted by Gasteiger charge is -1.97. The molecule has 0 aromatic rings. The highest BCUT2D eigenvalue weighted by Crippen LogP contribution is 1.74. The molecule has 0 aromatic heterocycles. The molecule has 0 amide bonds. The lowest BCUT2D eigenvalue weighted by Crippen LogP contribution is -2.21. The predicted molar refractivity (Wildman–Crippen MR) is 25.7 cm³/mol. The number of hydroxylamine groups is 1. The average Bonchev–Trinajstić information content (AvgIpc) is 1.68. The predicted octanol–water partition coefficient (Wildman–Crippen LogP) is -0.140. The SMILES string of the molecule is C/C=C/C(O)NO. The summed E-state index contributed by atoms with van der Waals surface area (Å²) in [5.41, 5.74) is 1.63. The van der Waals surface area contributed by atoms with Crippen molar-refractivity contribution in [3.63, 3.8) is 0 Å². The van der Waals surface area contributed by atoms with E-state index in [9.17, 15) is 0 Å². The minimum atomic E-state index is -0.926. The first-order chi connectivity index (χ1) is 3.31. The summed E-state index contributed by atoms with van der Waals surface area (Å²) in [4.78, 5) is 0. The molecule has 1 unspecified atom stereocenters. The number of nitrogens with one attached hydrogen (secondary N) is 1. The van der Waals surface area contributed by atoms with Gasteiger partial charge in [0.25, 0.3) is 0 Å². The zero-order chi connectivity index (χ0) is 5.70. The van der Waals surface area contributed by atoms with Gasteiger partial charge in [0.1, 0.15) is 6.23 Å². The molecule has 1 atom stereocenters. The normalized spacial score (nSPS) is 15.3. The third kappa shape index (κ3) is 3.45. The summed E-state index contributed by atoms with van der Waals surface area (Å²) in [6.45, 7) is 1.75. The molecule has 0 rings (SSSR count). The van der Waals surface area contributed by atoms with Gasteiger partial charge in [0.05, 0.1) is 0 Å². The van der Waals surface area contributed by atoms with Gasteiger partial charge in [-0.25, -0.2) is 0 Å². The van der Waals surface area contributed by atoms with Crippen molar-refractivity contribution in [2.45, 2.75) is 13.2 Å². The standard InChI is InChI=1S/C4H9NO2/c1-2-3-4(6)5-7/h2-7H,1H3/b3-2+. The topological polar surface area (TPSA) is 52.5 Å². The minimum absolute atomic E-state index is 0.926. The first-order valence-corrected chi connectivity index (χ1v) is 2.01. The van der Waals surface area contributed by atoms with Crippen LogP contribution in [-0.4, -0.2) is 16.5 Å². The van der Waals surface area contributed by atoms with Gasteiger partial charge in [0.15, 0.2) is 0 Å². The van der Waals surface area contributed by atoms with Crippen molar-refractivity contribution in [2.24, 2.45) is 0 Å². The molecular weight excluding hydrogens is 94.0 g/mol. The summed E-state index contributed by atoms with van der Waals surface area (Å²) in [6.07, 6.45) is 2.12. The number of hydrogen-bond donors (Lipinski definition) is 3. The van der Waals surface area contributed by atoms with Crippen molar-refractivity contribution >= 4 is 0 Å². The third-order valence-corrected chi connectivity index (χ3v) is 0.507. The number of aliphatic hydroxyl groups is 1. The van der Waals surface area contributed by atoms with E-state index in [0.29, 0.717) is 0 Å². The van der Waals surface area contributed by atoms with Crippen molar-refractivity contribution < 1.29 is 10.3 Å². The van der Waals surface area contributed by atoms with Crippen LogP contribution in [0, 0.1) is 0 Å². The number of aliphatic hydroxyl groups excluding tert-OH is 1. The molecule has 0 heterocycles. The van der Waals surface area contributed by atoms with Crippen LogP contribution in [0.1, 0.15) is 6.92 Å². The second-order valence-corrected chi connectivity index (χ2v) is 1.10. The van der Waals surface area contributed by atoms with Gasteiger partial charge in [0.2, 0.25) is 0 Å². The van der Waals surface area contributed by atoms with E-state index in [-0.39, 0.29) is 0 Å². The maximum Gasteiger partial charge on any atom is 0.145 e. The molecule has 0 radical (unpaired) electrons. The molecule has 0 fully saturated rings. The van der Waals surface area contributed by atoms with E-state index in [2.05, 4.69) is 0 Å². The fourth-order valence-corrected chi connectivity index (χ4v) is 0.225. The quantitative estimate of drug-likeness (QED) is 0.259. The van der Waals surface area contributed by atoms with Crippen LogP contribution in [0.5, 0.6) is 0 Å². The average molecular weight is 103 g/mol. The maximum absolute atomic E-state index is 8.41. The van der Waals surface area contributed by atoms with Crippen LogP contribution in [0.2, 0.25) is 0 Å². The molecule has 7 heavy (non-hydrogen) atoms. The molecular formula is C4H9NO2. The fraction of sp³-hybridized carbons (Fsp3) is 0.500. The maximum atomic E-state index is 8.41. The summed E-state index contributed by atoms with van der Waals surface area (Å²) in [6, 6.07) is 0. The van der Waals surface area contributed by atoms with Crippen LogP contribution in [0.25, 0.3) is 0 Å². The van der Waals surface area contributed by atoms with E-state index in [1.165, 1.54) is 6.08 Å². The molecule has 0 aromatic carbocycles. The molecule has 3 N–H and O–H groups in total. The zero-order valence-electron chi connectivity index (χ0n) is 4.13. The Labute approximate surface area is 42.2 Å². The molecule has 0 bridgehead atoms. The number of rotatable bonds is 2. The Hall–Kier alpha value is -0.380. The summed E-state index contributed by atoms with van der Waals surface area (Å²) in [5.74, 6) is 0. The third-order valence-electron chi connectivity index (χ3n) is 0.507. The Kier molecular flexibility index (Phi) is 3.59. The van der Waals surface area contributed by atoms with Crippen molar-refractivity contribution in [2.75, 3.05) is 0 Å². The van der Waals surface area contributed by atoms with E-state index in [1.54, 1.807) is 18.5 Å². The van der Waals surface area contributed by atoms with E-state index >= 15 is 0 Å². The van der Waals surface area contributed by atoms with Crippen LogP contribution in [-0.2, 0) is 0 Å². The molecule has 3 nitrogen and oxygen atoms in total. The van der Waals surface area contributed by atoms with Gasteiger partial charge in [-0.2, -0.15) is 5.48 Å². The second kappa shape index (κ2) is 3.80. The molecule has 0 aliphatic heterocycles. The lowest BCUT2D eigenvalue weighted by atomic mass is 10.5. The molecule has 0 aliphatic carbocycles. The van der Waals surface area contributed by atoms with Crippen LogP contribution in [0.3, 0.4) is 0 Å². The molecule has 0 saturated carbocycles. The van der Waals surface area contributed by atoms with Crippen molar-refractivity contribution in [3.8, 4) is 0 Å². The first-order valence-electron chi connectivity index (χ1n) is 2.01. The summed E-state index contributed by atoms with van der Waals surface area (Å²) < 4.78 is 0. The fourth-order valence-electron chi connectivity index (χ4n) is 0.225. The van der Waals surface area contributed by atoms with E-state index in [1.807, 2.05) is 0 Å².